The molecule has 4 aromatic rings. The van der Waals surface area contributed by atoms with Gasteiger partial charge in [0.1, 0.15) is 17.1 Å². The van der Waals surface area contributed by atoms with Gasteiger partial charge in [0.25, 0.3) is 0 Å². The van der Waals surface area contributed by atoms with E-state index in [-0.39, 0.29) is 41.3 Å². The van der Waals surface area contributed by atoms with E-state index in [2.05, 4.69) is 15.8 Å². The van der Waals surface area contributed by atoms with Gasteiger partial charge in [0, 0.05) is 66.6 Å². The van der Waals surface area contributed by atoms with Crippen molar-refractivity contribution in [3.8, 4) is 35.2 Å². The molecule has 4 heterocycles. The zero-order valence-electron chi connectivity index (χ0n) is 29.3. The number of benzene rings is 3. The lowest BCUT2D eigenvalue weighted by Gasteiger charge is -2.42. The fraction of sp³-hybridized carbons (Fsp3) is 0.462. The SMILES string of the molecule is C#Cc1cccc2cc(O)cc(-c3ccc4c(N5CC6CCC(C5)N6C(=O)C(F)(F)F)nc(OCC5(CN6CCCOCC6)CC5)nc4c3F)c12.CF. The Labute approximate surface area is 303 Å². The third-order valence-electron chi connectivity index (χ3n) is 10.8. The third-order valence-corrected chi connectivity index (χ3v) is 10.8. The van der Waals surface area contributed by atoms with Gasteiger partial charge in [0.2, 0.25) is 0 Å². The summed E-state index contributed by atoms with van der Waals surface area (Å²) in [5, 5.41) is 12.2. The van der Waals surface area contributed by atoms with Crippen molar-refractivity contribution in [1.29, 1.82) is 0 Å². The highest BCUT2D eigenvalue weighted by molar-refractivity contribution is 6.04. The highest BCUT2D eigenvalue weighted by Gasteiger charge is 2.52. The molecule has 8 rings (SSSR count). The quantitative estimate of drug-likeness (QED) is 0.170. The number of rotatable bonds is 7. The Kier molecular flexibility index (Phi) is 10.1. The smallest absolute Gasteiger partial charge is 0.471 e. The number of carbonyl (C=O) groups is 1. The van der Waals surface area contributed by atoms with E-state index in [0.29, 0.717) is 66.3 Å². The molecular weight excluding hydrogens is 697 g/mol. The number of nitrogens with zero attached hydrogens (tertiary/aromatic N) is 5. The van der Waals surface area contributed by atoms with Crippen molar-refractivity contribution in [1.82, 2.24) is 19.8 Å². The van der Waals surface area contributed by atoms with Crippen molar-refractivity contribution in [3.63, 3.8) is 0 Å². The van der Waals surface area contributed by atoms with Crippen LogP contribution in [0.2, 0.25) is 0 Å². The van der Waals surface area contributed by atoms with Crippen LogP contribution in [0.15, 0.2) is 42.5 Å². The highest BCUT2D eigenvalue weighted by atomic mass is 19.4. The number of piperazine rings is 1. The van der Waals surface area contributed by atoms with Gasteiger partial charge in [-0.25, -0.2) is 4.39 Å². The molecule has 4 fully saturated rings. The highest BCUT2D eigenvalue weighted by Crippen LogP contribution is 2.47. The van der Waals surface area contributed by atoms with Gasteiger partial charge in [-0.1, -0.05) is 24.1 Å². The lowest BCUT2D eigenvalue weighted by atomic mass is 9.93. The molecule has 1 N–H and O–H groups in total. The van der Waals surface area contributed by atoms with Crippen LogP contribution in [0.4, 0.5) is 27.8 Å². The van der Waals surface area contributed by atoms with Crippen LogP contribution in [0.3, 0.4) is 0 Å². The van der Waals surface area contributed by atoms with E-state index in [1.54, 1.807) is 36.4 Å². The second kappa shape index (κ2) is 14.6. The van der Waals surface area contributed by atoms with Crippen molar-refractivity contribution in [2.24, 2.45) is 5.41 Å². The molecule has 3 aromatic carbocycles. The van der Waals surface area contributed by atoms with Crippen LogP contribution < -0.4 is 9.64 Å². The van der Waals surface area contributed by atoms with Gasteiger partial charge in [-0.15, -0.1) is 6.42 Å². The monoisotopic (exact) mass is 737 g/mol. The Morgan fingerprint density at radius 1 is 1.06 bits per heavy atom. The standard InChI is InChI=1S/C38H37F4N5O4.CH3F/c1-2-23-5-3-6-24-17-27(48)18-30(31(23)24)28-9-10-29-33(32(28)39)43-36(51-22-37(11-12-37)21-45-13-4-15-50-16-14-45)44-34(29)46-19-25-7-8-26(20-46)47(25)35(49)38(40,41)42;1-2/h1,3,5-6,9-10,17-18,25-26,48H,4,7-8,11-16,19-22H2;1H3. The Balaban J connectivity index is 0.00000214. The van der Waals surface area contributed by atoms with Crippen molar-refractivity contribution in [2.75, 3.05) is 64.6 Å². The average Bonchev–Trinajstić information content (AvgIpc) is 3.92. The number of hydrogen-bond donors (Lipinski definition) is 1. The van der Waals surface area contributed by atoms with E-state index in [9.17, 15) is 27.5 Å². The first-order valence-corrected chi connectivity index (χ1v) is 17.7. The first kappa shape index (κ1) is 36.6. The topological polar surface area (TPSA) is 91.3 Å². The molecule has 0 radical (unpaired) electrons. The van der Waals surface area contributed by atoms with Crippen molar-refractivity contribution < 1.29 is 41.3 Å². The molecule has 3 aliphatic heterocycles. The second-order valence-corrected chi connectivity index (χ2v) is 14.2. The van der Waals surface area contributed by atoms with E-state index in [4.69, 9.17) is 20.9 Å². The number of halogens is 5. The molecule has 53 heavy (non-hydrogen) atoms. The summed E-state index contributed by atoms with van der Waals surface area (Å²) in [4.78, 5) is 26.9. The number of carbonyl (C=O) groups excluding carboxylic acids is 1. The van der Waals surface area contributed by atoms with Gasteiger partial charge in [0.05, 0.1) is 32.5 Å². The summed E-state index contributed by atoms with van der Waals surface area (Å²) < 4.78 is 78.9. The minimum atomic E-state index is -4.97. The number of ether oxygens (including phenoxy) is 2. The number of phenols is 1. The molecular formula is C39H40F5N5O4. The maximum absolute atomic E-state index is 17.0. The number of amides is 1. The number of aromatic hydroxyl groups is 1. The van der Waals surface area contributed by atoms with Gasteiger partial charge < -0.3 is 29.3 Å². The molecule has 280 valence electrons. The van der Waals surface area contributed by atoms with E-state index in [1.165, 1.54) is 6.07 Å². The molecule has 2 atom stereocenters. The predicted molar refractivity (Wildman–Crippen MR) is 190 cm³/mol. The van der Waals surface area contributed by atoms with Crippen molar-refractivity contribution in [2.45, 2.75) is 50.4 Å². The minimum absolute atomic E-state index is 0.0298. The van der Waals surface area contributed by atoms with Crippen LogP contribution in [0.1, 0.15) is 37.7 Å². The number of aromatic nitrogens is 2. The van der Waals surface area contributed by atoms with Gasteiger partial charge >= 0.3 is 18.1 Å². The Hall–Kier alpha value is -4.74. The molecule has 1 aromatic heterocycles. The Morgan fingerprint density at radius 3 is 2.51 bits per heavy atom. The molecule has 2 unspecified atom stereocenters. The van der Waals surface area contributed by atoms with Gasteiger partial charge in [-0.2, -0.15) is 23.1 Å². The average molecular weight is 738 g/mol. The molecule has 1 amide bonds. The molecule has 9 nitrogen and oxygen atoms in total. The number of alkyl halides is 4. The summed E-state index contributed by atoms with van der Waals surface area (Å²) in [6.07, 6.45) is 4.57. The summed E-state index contributed by atoms with van der Waals surface area (Å²) in [5.41, 5.74) is 0.943. The van der Waals surface area contributed by atoms with E-state index < -0.39 is 30.0 Å². The molecule has 2 bridgehead atoms. The van der Waals surface area contributed by atoms with Crippen molar-refractivity contribution in [3.05, 3.63) is 53.8 Å². The van der Waals surface area contributed by atoms with Gasteiger partial charge in [-0.05, 0) is 67.3 Å². The number of terminal acetylenes is 1. The lowest BCUT2D eigenvalue weighted by molar-refractivity contribution is -0.188. The second-order valence-electron chi connectivity index (χ2n) is 14.2. The summed E-state index contributed by atoms with van der Waals surface area (Å²) in [5.74, 6) is 0.405. The lowest BCUT2D eigenvalue weighted by Crippen LogP contribution is -2.59. The molecule has 0 spiro atoms. The maximum atomic E-state index is 17.0. The molecule has 14 heteroatoms. The first-order chi connectivity index (χ1) is 25.5. The largest absolute Gasteiger partial charge is 0.508 e. The summed E-state index contributed by atoms with van der Waals surface area (Å²) in [6, 6.07) is 10.2. The van der Waals surface area contributed by atoms with E-state index >= 15 is 4.39 Å². The van der Waals surface area contributed by atoms with Crippen LogP contribution >= 0.6 is 0 Å². The summed E-state index contributed by atoms with van der Waals surface area (Å²) >= 11 is 0. The number of hydrogen-bond acceptors (Lipinski definition) is 8. The van der Waals surface area contributed by atoms with E-state index in [0.717, 1.165) is 50.4 Å². The number of fused-ring (bicyclic) bond motifs is 4. The molecule has 3 saturated heterocycles. The van der Waals surface area contributed by atoms with Crippen LogP contribution in [0.25, 0.3) is 32.8 Å². The number of anilines is 1. The van der Waals surface area contributed by atoms with Crippen LogP contribution in [-0.4, -0.2) is 109 Å². The van der Waals surface area contributed by atoms with Crippen LogP contribution in [0, 0.1) is 23.6 Å². The Morgan fingerprint density at radius 2 is 1.81 bits per heavy atom. The zero-order valence-corrected chi connectivity index (χ0v) is 29.3. The molecule has 1 aliphatic carbocycles. The van der Waals surface area contributed by atoms with E-state index in [1.807, 2.05) is 4.90 Å². The molecule has 4 aliphatic rings. The fourth-order valence-corrected chi connectivity index (χ4v) is 8.11. The predicted octanol–water partition coefficient (Wildman–Crippen LogP) is 6.48. The zero-order chi connectivity index (χ0) is 37.5. The van der Waals surface area contributed by atoms with Crippen LogP contribution in [0.5, 0.6) is 11.8 Å². The fourth-order valence-electron chi connectivity index (χ4n) is 8.11. The van der Waals surface area contributed by atoms with Gasteiger partial charge in [-0.3, -0.25) is 9.18 Å². The maximum Gasteiger partial charge on any atom is 0.471 e. The minimum Gasteiger partial charge on any atom is -0.508 e. The first-order valence-electron chi connectivity index (χ1n) is 17.7. The van der Waals surface area contributed by atoms with Crippen molar-refractivity contribution >= 4 is 33.4 Å². The summed E-state index contributed by atoms with van der Waals surface area (Å²) in [7, 11) is 0.500. The van der Waals surface area contributed by atoms with Gasteiger partial charge in [0.15, 0.2) is 5.82 Å². The number of phenolic OH excluding ortho intramolecular Hbond substituents is 1. The molecule has 1 saturated carbocycles. The van der Waals surface area contributed by atoms with Crippen LogP contribution in [-0.2, 0) is 9.53 Å². The third kappa shape index (κ3) is 7.16. The normalized spacial score (nSPS) is 21.2. The Bertz CT molecular complexity index is 2040. The summed E-state index contributed by atoms with van der Waals surface area (Å²) in [6.45, 7) is 4.52.